The molecule has 0 N–H and O–H groups in total. The fourth-order valence-corrected chi connectivity index (χ4v) is 1.96. The molecule has 0 unspecified atom stereocenters. The number of halogens is 3. The summed E-state index contributed by atoms with van der Waals surface area (Å²) in [7, 11) is 0. The van der Waals surface area contributed by atoms with Gasteiger partial charge in [-0.15, -0.1) is 11.3 Å². The van der Waals surface area contributed by atoms with Crippen molar-refractivity contribution >= 4 is 24.0 Å². The molecule has 0 atom stereocenters. The van der Waals surface area contributed by atoms with Gasteiger partial charge in [-0.2, -0.15) is 25.8 Å². The summed E-state index contributed by atoms with van der Waals surface area (Å²) in [6, 6.07) is 0. The van der Waals surface area contributed by atoms with E-state index in [4.69, 9.17) is 0 Å². The first-order valence-electron chi connectivity index (χ1n) is 3.09. The average Bonchev–Trinajstić information content (AvgIpc) is 2.29. The van der Waals surface area contributed by atoms with Crippen molar-refractivity contribution in [1.29, 1.82) is 0 Å². The topological polar surface area (TPSA) is 12.9 Å². The molecule has 0 amide bonds. The van der Waals surface area contributed by atoms with Crippen molar-refractivity contribution in [3.8, 4) is 0 Å². The molecule has 0 saturated carbocycles. The molecule has 1 heterocycles. The molecule has 0 fully saturated rings. The molecule has 0 aliphatic rings. The van der Waals surface area contributed by atoms with Crippen molar-refractivity contribution in [3.63, 3.8) is 0 Å². The van der Waals surface area contributed by atoms with E-state index < -0.39 is 11.9 Å². The number of rotatable bonds is 1. The summed E-state index contributed by atoms with van der Waals surface area (Å²) in [6.07, 6.45) is -4.34. The van der Waals surface area contributed by atoms with Crippen LogP contribution in [0, 0.1) is 6.92 Å². The Morgan fingerprint density at radius 1 is 1.50 bits per heavy atom. The molecule has 0 aliphatic heterocycles. The van der Waals surface area contributed by atoms with Crippen molar-refractivity contribution in [2.45, 2.75) is 18.9 Å². The molecule has 6 heteroatoms. The predicted octanol–water partition coefficient (Wildman–Crippen LogP) is 2.90. The van der Waals surface area contributed by atoms with Crippen LogP contribution in [0.4, 0.5) is 13.2 Å². The zero-order chi connectivity index (χ0) is 9.35. The summed E-state index contributed by atoms with van der Waals surface area (Å²) in [4.78, 5) is 3.58. The van der Waals surface area contributed by atoms with E-state index in [1.807, 2.05) is 0 Å². The lowest BCUT2D eigenvalue weighted by atomic mass is 10.4. The number of nitrogens with zero attached hydrogens (tertiary/aromatic N) is 1. The highest BCUT2D eigenvalue weighted by Crippen LogP contribution is 2.34. The molecule has 1 aromatic rings. The Kier molecular flexibility index (Phi) is 2.67. The van der Waals surface area contributed by atoms with Crippen molar-refractivity contribution in [2.24, 2.45) is 0 Å². The monoisotopic (exact) mass is 213 g/mol. The van der Waals surface area contributed by atoms with Gasteiger partial charge < -0.3 is 0 Å². The highest BCUT2D eigenvalue weighted by atomic mass is 32.1. The third-order valence-electron chi connectivity index (χ3n) is 1.22. The van der Waals surface area contributed by atoms with Crippen LogP contribution < -0.4 is 0 Å². The van der Waals surface area contributed by atoms with Crippen molar-refractivity contribution in [3.05, 3.63) is 15.6 Å². The average molecular weight is 213 g/mol. The van der Waals surface area contributed by atoms with Crippen molar-refractivity contribution in [2.75, 3.05) is 0 Å². The van der Waals surface area contributed by atoms with Crippen LogP contribution in [0.25, 0.3) is 0 Å². The lowest BCUT2D eigenvalue weighted by Gasteiger charge is -2.03. The lowest BCUT2D eigenvalue weighted by Crippen LogP contribution is -2.07. The van der Waals surface area contributed by atoms with Crippen LogP contribution in [0.2, 0.25) is 0 Å². The van der Waals surface area contributed by atoms with E-state index in [-0.39, 0.29) is 10.6 Å². The Bertz CT molecular complexity index is 279. The maximum absolute atomic E-state index is 12.2. The second kappa shape index (κ2) is 3.26. The molecule has 1 aromatic heterocycles. The molecule has 68 valence electrons. The molecule has 0 bridgehead atoms. The molecule has 0 aromatic carbocycles. The molecular weight excluding hydrogens is 207 g/mol. The Balaban J connectivity index is 3.13. The Labute approximate surface area is 77.0 Å². The maximum atomic E-state index is 12.2. The Morgan fingerprint density at radius 2 is 2.08 bits per heavy atom. The first-order valence-corrected chi connectivity index (χ1v) is 4.54. The fourth-order valence-electron chi connectivity index (χ4n) is 0.798. The number of hydrogen-bond acceptors (Lipinski definition) is 3. The van der Waals surface area contributed by atoms with E-state index in [0.717, 1.165) is 11.3 Å². The van der Waals surface area contributed by atoms with Gasteiger partial charge in [0.05, 0.1) is 5.01 Å². The van der Waals surface area contributed by atoms with Crippen LogP contribution in [-0.4, -0.2) is 4.98 Å². The molecule has 1 rings (SSSR count). The molecule has 0 saturated heterocycles. The minimum Gasteiger partial charge on any atom is -0.237 e. The first kappa shape index (κ1) is 9.85. The second-order valence-electron chi connectivity index (χ2n) is 2.16. The minimum absolute atomic E-state index is 0.0837. The fraction of sp³-hybridized carbons (Fsp3) is 0.500. The Morgan fingerprint density at radius 3 is 2.42 bits per heavy atom. The van der Waals surface area contributed by atoms with E-state index in [1.54, 1.807) is 6.92 Å². The third kappa shape index (κ3) is 1.92. The quantitative estimate of drug-likeness (QED) is 0.708. The van der Waals surface area contributed by atoms with E-state index in [0.29, 0.717) is 5.01 Å². The van der Waals surface area contributed by atoms with Gasteiger partial charge in [0, 0.05) is 10.6 Å². The van der Waals surface area contributed by atoms with Gasteiger partial charge >= 0.3 is 6.18 Å². The number of thiol groups is 1. The zero-order valence-electron chi connectivity index (χ0n) is 6.14. The molecular formula is C6H6F3NS2. The van der Waals surface area contributed by atoms with Crippen LogP contribution in [0.15, 0.2) is 0 Å². The van der Waals surface area contributed by atoms with E-state index in [2.05, 4.69) is 17.6 Å². The normalized spacial score (nSPS) is 12.1. The molecule has 0 radical (unpaired) electrons. The zero-order valence-corrected chi connectivity index (χ0v) is 7.85. The largest absolute Gasteiger partial charge is 0.434 e. The molecule has 0 spiro atoms. The van der Waals surface area contributed by atoms with Gasteiger partial charge in [-0.25, -0.2) is 4.98 Å². The molecule has 0 aliphatic carbocycles. The van der Waals surface area contributed by atoms with Gasteiger partial charge in [-0.1, -0.05) is 0 Å². The maximum Gasteiger partial charge on any atom is 0.434 e. The molecule has 12 heavy (non-hydrogen) atoms. The van der Waals surface area contributed by atoms with Gasteiger partial charge in [0.2, 0.25) is 0 Å². The van der Waals surface area contributed by atoms with Gasteiger partial charge in [0.1, 0.15) is 0 Å². The van der Waals surface area contributed by atoms with Crippen LogP contribution in [0.1, 0.15) is 15.6 Å². The van der Waals surface area contributed by atoms with E-state index in [1.165, 1.54) is 0 Å². The summed E-state index contributed by atoms with van der Waals surface area (Å²) in [5, 5.41) is 0.423. The number of alkyl halides is 3. The van der Waals surface area contributed by atoms with Crippen LogP contribution in [0.5, 0.6) is 0 Å². The molecule has 1 nitrogen and oxygen atoms in total. The summed E-state index contributed by atoms with van der Waals surface area (Å²) >= 11 is 4.83. The summed E-state index contributed by atoms with van der Waals surface area (Å²) in [5.74, 6) is 0.0837. The SMILES string of the molecule is Cc1nc(C(F)(F)F)c(CS)s1. The van der Waals surface area contributed by atoms with Gasteiger partial charge in [-0.05, 0) is 6.92 Å². The van der Waals surface area contributed by atoms with E-state index in [9.17, 15) is 13.2 Å². The lowest BCUT2D eigenvalue weighted by molar-refractivity contribution is -0.141. The summed E-state index contributed by atoms with van der Waals surface area (Å²) < 4.78 is 36.5. The smallest absolute Gasteiger partial charge is 0.237 e. The van der Waals surface area contributed by atoms with E-state index >= 15 is 0 Å². The van der Waals surface area contributed by atoms with Crippen molar-refractivity contribution < 1.29 is 13.2 Å². The Hall–Kier alpha value is -0.230. The number of hydrogen-bond donors (Lipinski definition) is 1. The van der Waals surface area contributed by atoms with Gasteiger partial charge in [-0.3, -0.25) is 0 Å². The number of thiazole rings is 1. The number of aryl methyl sites for hydroxylation is 1. The van der Waals surface area contributed by atoms with Crippen LogP contribution in [0.3, 0.4) is 0 Å². The highest BCUT2D eigenvalue weighted by molar-refractivity contribution is 7.79. The number of aromatic nitrogens is 1. The minimum atomic E-state index is -4.34. The second-order valence-corrected chi connectivity index (χ2v) is 3.76. The first-order chi connectivity index (χ1) is 5.45. The summed E-state index contributed by atoms with van der Waals surface area (Å²) in [5.41, 5.74) is -0.792. The van der Waals surface area contributed by atoms with Crippen LogP contribution in [-0.2, 0) is 11.9 Å². The van der Waals surface area contributed by atoms with Crippen LogP contribution >= 0.6 is 24.0 Å². The third-order valence-corrected chi connectivity index (χ3v) is 2.72. The van der Waals surface area contributed by atoms with Gasteiger partial charge in [0.25, 0.3) is 0 Å². The predicted molar refractivity (Wildman–Crippen MR) is 44.5 cm³/mol. The highest BCUT2D eigenvalue weighted by Gasteiger charge is 2.36. The summed E-state index contributed by atoms with van der Waals surface area (Å²) in [6.45, 7) is 1.55. The van der Waals surface area contributed by atoms with Crippen molar-refractivity contribution in [1.82, 2.24) is 4.98 Å². The standard InChI is InChI=1S/C6H6F3NS2/c1-3-10-5(6(7,8)9)4(2-11)12-3/h11H,2H2,1H3. The van der Waals surface area contributed by atoms with Gasteiger partial charge in [0.15, 0.2) is 5.69 Å².